The van der Waals surface area contributed by atoms with Crippen molar-refractivity contribution in [2.45, 2.75) is 19.3 Å². The van der Waals surface area contributed by atoms with Crippen molar-refractivity contribution in [3.05, 3.63) is 34.2 Å². The molecule has 1 aromatic heterocycles. The quantitative estimate of drug-likeness (QED) is 0.625. The first-order valence-corrected chi connectivity index (χ1v) is 4.97. The Kier molecular flexibility index (Phi) is 2.09. The Labute approximate surface area is 76.5 Å². The van der Waals surface area contributed by atoms with Crippen molar-refractivity contribution in [3.8, 4) is 0 Å². The van der Waals surface area contributed by atoms with Gasteiger partial charge >= 0.3 is 0 Å². The van der Waals surface area contributed by atoms with Crippen LogP contribution in [0.3, 0.4) is 0 Å². The van der Waals surface area contributed by atoms with Gasteiger partial charge in [0.2, 0.25) is 0 Å². The molecule has 12 heavy (non-hydrogen) atoms. The van der Waals surface area contributed by atoms with Crippen molar-refractivity contribution >= 4 is 17.6 Å². The molecule has 1 aromatic rings. The number of aliphatic imine (C=N–C) groups is 1. The average Bonchev–Trinajstić information content (AvgIpc) is 2.54. The Bertz CT molecular complexity index is 322. The van der Waals surface area contributed by atoms with Crippen LogP contribution in [0.1, 0.15) is 22.8 Å². The largest absolute Gasteiger partial charge is 0.269 e. The Balaban J connectivity index is 2.20. The van der Waals surface area contributed by atoms with E-state index in [0.29, 0.717) is 5.92 Å². The van der Waals surface area contributed by atoms with Crippen molar-refractivity contribution in [1.82, 2.24) is 0 Å². The zero-order valence-corrected chi connectivity index (χ0v) is 7.84. The fourth-order valence-corrected chi connectivity index (χ4v) is 2.14. The van der Waals surface area contributed by atoms with Gasteiger partial charge in [-0.05, 0) is 30.4 Å². The third kappa shape index (κ3) is 1.48. The first kappa shape index (κ1) is 7.74. The molecule has 2 heteroatoms. The minimum Gasteiger partial charge on any atom is -0.269 e. The number of nitrogens with zero attached hydrogens (tertiary/aromatic N) is 1. The number of aryl methyl sites for hydroxylation is 1. The van der Waals surface area contributed by atoms with Crippen molar-refractivity contribution < 1.29 is 0 Å². The maximum atomic E-state index is 4.06. The molecular formula is C10H11NS. The van der Waals surface area contributed by atoms with Gasteiger partial charge in [-0.25, -0.2) is 0 Å². The molecule has 62 valence electrons. The molecule has 0 saturated carbocycles. The van der Waals surface area contributed by atoms with E-state index in [2.05, 4.69) is 29.4 Å². The lowest BCUT2D eigenvalue weighted by Crippen LogP contribution is -1.96. The minimum atomic E-state index is 0.562. The second-order valence-electron chi connectivity index (χ2n) is 3.01. The Hall–Kier alpha value is -0.890. The summed E-state index contributed by atoms with van der Waals surface area (Å²) in [5.41, 5.74) is 1.43. The summed E-state index contributed by atoms with van der Waals surface area (Å²) < 4.78 is 0. The van der Waals surface area contributed by atoms with Crippen molar-refractivity contribution in [2.75, 3.05) is 0 Å². The minimum absolute atomic E-state index is 0.562. The van der Waals surface area contributed by atoms with E-state index in [-0.39, 0.29) is 0 Å². The highest BCUT2D eigenvalue weighted by molar-refractivity contribution is 7.10. The molecule has 1 unspecified atom stereocenters. The highest BCUT2D eigenvalue weighted by atomic mass is 32.1. The fraction of sp³-hybridized carbons (Fsp3) is 0.300. The Morgan fingerprint density at radius 2 is 2.50 bits per heavy atom. The lowest BCUT2D eigenvalue weighted by atomic mass is 9.98. The van der Waals surface area contributed by atoms with Crippen molar-refractivity contribution in [3.63, 3.8) is 0 Å². The van der Waals surface area contributed by atoms with Crippen LogP contribution in [0.5, 0.6) is 0 Å². The van der Waals surface area contributed by atoms with Gasteiger partial charge in [-0.1, -0.05) is 6.08 Å². The van der Waals surface area contributed by atoms with Crippen LogP contribution in [0.25, 0.3) is 0 Å². The second-order valence-corrected chi connectivity index (χ2v) is 4.12. The van der Waals surface area contributed by atoms with Crippen molar-refractivity contribution in [2.24, 2.45) is 4.99 Å². The molecule has 0 radical (unpaired) electrons. The van der Waals surface area contributed by atoms with Crippen LogP contribution in [0.15, 0.2) is 28.7 Å². The molecule has 0 aliphatic carbocycles. The van der Waals surface area contributed by atoms with Gasteiger partial charge in [0.15, 0.2) is 0 Å². The SMILES string of the molecule is Cc1cc(C2C=CN=CC2)cs1. The molecular weight excluding hydrogens is 166 g/mol. The smallest absolute Gasteiger partial charge is 0.0230 e. The van der Waals surface area contributed by atoms with E-state index in [1.54, 1.807) is 0 Å². The molecule has 1 atom stereocenters. The van der Waals surface area contributed by atoms with Gasteiger partial charge in [0.25, 0.3) is 0 Å². The Morgan fingerprint density at radius 1 is 1.58 bits per heavy atom. The van der Waals surface area contributed by atoms with Crippen molar-refractivity contribution in [1.29, 1.82) is 0 Å². The molecule has 0 amide bonds. The zero-order chi connectivity index (χ0) is 8.39. The van der Waals surface area contributed by atoms with Gasteiger partial charge in [0.1, 0.15) is 0 Å². The maximum Gasteiger partial charge on any atom is 0.0230 e. The van der Waals surface area contributed by atoms with Gasteiger partial charge in [-0.15, -0.1) is 11.3 Å². The normalized spacial score (nSPS) is 21.6. The van der Waals surface area contributed by atoms with E-state index in [0.717, 1.165) is 6.42 Å². The highest BCUT2D eigenvalue weighted by Gasteiger charge is 2.09. The fourth-order valence-electron chi connectivity index (χ4n) is 1.37. The van der Waals surface area contributed by atoms with E-state index in [1.807, 2.05) is 23.8 Å². The summed E-state index contributed by atoms with van der Waals surface area (Å²) in [6.45, 7) is 2.15. The first-order valence-electron chi connectivity index (χ1n) is 4.09. The maximum absolute atomic E-state index is 4.06. The number of hydrogen-bond acceptors (Lipinski definition) is 2. The summed E-state index contributed by atoms with van der Waals surface area (Å²) in [4.78, 5) is 5.45. The third-order valence-electron chi connectivity index (χ3n) is 2.05. The lowest BCUT2D eigenvalue weighted by molar-refractivity contribution is 0.892. The average molecular weight is 177 g/mol. The molecule has 0 aromatic carbocycles. The van der Waals surface area contributed by atoms with Crippen LogP contribution < -0.4 is 0 Å². The summed E-state index contributed by atoms with van der Waals surface area (Å²) in [5.74, 6) is 0.562. The van der Waals surface area contributed by atoms with E-state index >= 15 is 0 Å². The Morgan fingerprint density at radius 3 is 3.08 bits per heavy atom. The summed E-state index contributed by atoms with van der Waals surface area (Å²) in [5, 5.41) is 2.24. The predicted octanol–water partition coefficient (Wildman–Crippen LogP) is 3.13. The number of hydrogen-bond donors (Lipinski definition) is 0. The third-order valence-corrected chi connectivity index (χ3v) is 2.93. The van der Waals surface area contributed by atoms with Crippen LogP contribution in [0.4, 0.5) is 0 Å². The molecule has 0 fully saturated rings. The zero-order valence-electron chi connectivity index (χ0n) is 7.03. The number of allylic oxidation sites excluding steroid dienone is 1. The van der Waals surface area contributed by atoms with E-state index in [9.17, 15) is 0 Å². The number of rotatable bonds is 1. The second kappa shape index (κ2) is 3.23. The van der Waals surface area contributed by atoms with Gasteiger partial charge in [-0.3, -0.25) is 4.99 Å². The molecule has 2 heterocycles. The van der Waals surface area contributed by atoms with Crippen LogP contribution in [-0.2, 0) is 0 Å². The molecule has 1 nitrogen and oxygen atoms in total. The first-order chi connectivity index (χ1) is 5.86. The molecule has 2 rings (SSSR count). The van der Waals surface area contributed by atoms with Gasteiger partial charge in [0.05, 0.1) is 0 Å². The van der Waals surface area contributed by atoms with E-state index in [4.69, 9.17) is 0 Å². The monoisotopic (exact) mass is 177 g/mol. The van der Waals surface area contributed by atoms with Crippen LogP contribution >= 0.6 is 11.3 Å². The van der Waals surface area contributed by atoms with E-state index < -0.39 is 0 Å². The molecule has 0 N–H and O–H groups in total. The van der Waals surface area contributed by atoms with E-state index in [1.165, 1.54) is 10.4 Å². The van der Waals surface area contributed by atoms with Gasteiger partial charge in [0, 0.05) is 23.2 Å². The topological polar surface area (TPSA) is 12.4 Å². The molecule has 0 spiro atoms. The molecule has 0 bridgehead atoms. The summed E-state index contributed by atoms with van der Waals surface area (Å²) in [6.07, 6.45) is 7.09. The standard InChI is InChI=1S/C10H11NS/c1-8-6-10(7-12-8)9-2-4-11-5-3-9/h2,4-7,9H,3H2,1H3. The summed E-state index contributed by atoms with van der Waals surface area (Å²) >= 11 is 1.82. The van der Waals surface area contributed by atoms with Gasteiger partial charge < -0.3 is 0 Å². The summed E-state index contributed by atoms with van der Waals surface area (Å²) in [6, 6.07) is 2.26. The van der Waals surface area contributed by atoms with Crippen LogP contribution in [0.2, 0.25) is 0 Å². The van der Waals surface area contributed by atoms with Gasteiger partial charge in [-0.2, -0.15) is 0 Å². The highest BCUT2D eigenvalue weighted by Crippen LogP contribution is 2.26. The molecule has 1 aliphatic heterocycles. The number of thiophene rings is 1. The predicted molar refractivity (Wildman–Crippen MR) is 54.0 cm³/mol. The van der Waals surface area contributed by atoms with Crippen LogP contribution in [-0.4, -0.2) is 6.21 Å². The molecule has 0 saturated heterocycles. The molecule has 1 aliphatic rings. The van der Waals surface area contributed by atoms with Crippen LogP contribution in [0, 0.1) is 6.92 Å². The summed E-state index contributed by atoms with van der Waals surface area (Å²) in [7, 11) is 0. The lowest BCUT2D eigenvalue weighted by Gasteiger charge is -2.09.